The molecule has 0 heterocycles. The molecule has 3 nitrogen and oxygen atoms in total. The van der Waals surface area contributed by atoms with Crippen LogP contribution < -0.4 is 11.1 Å². The topological polar surface area (TPSA) is 61.8 Å². The van der Waals surface area contributed by atoms with Gasteiger partial charge in [-0.3, -0.25) is 0 Å². The van der Waals surface area contributed by atoms with Crippen LogP contribution in [0.3, 0.4) is 0 Å². The van der Waals surface area contributed by atoms with Crippen LogP contribution in [0.15, 0.2) is 36.4 Å². The molecule has 4 heteroatoms. The van der Waals surface area contributed by atoms with Crippen LogP contribution in [0.4, 0.5) is 11.4 Å². The first-order valence-electron chi connectivity index (χ1n) is 6.52. The Morgan fingerprint density at radius 3 is 2.85 bits per heavy atom. The molecule has 0 spiro atoms. The molecule has 1 aliphatic rings. The summed E-state index contributed by atoms with van der Waals surface area (Å²) >= 11 is 6.06. The lowest BCUT2D eigenvalue weighted by atomic mass is 10.1. The number of hydrogen-bond acceptors (Lipinski definition) is 3. The van der Waals surface area contributed by atoms with Gasteiger partial charge in [0.1, 0.15) is 6.07 Å². The number of aryl methyl sites for hydroxylation is 1. The highest BCUT2D eigenvalue weighted by Crippen LogP contribution is 2.35. The first kappa shape index (κ1) is 12.8. The van der Waals surface area contributed by atoms with E-state index in [4.69, 9.17) is 22.6 Å². The summed E-state index contributed by atoms with van der Waals surface area (Å²) in [5, 5.41) is 12.8. The number of halogens is 1. The number of anilines is 2. The first-order chi connectivity index (χ1) is 9.67. The second kappa shape index (κ2) is 5.07. The molecule has 3 rings (SSSR count). The fourth-order valence-corrected chi connectivity index (χ4v) is 2.91. The Hall–Kier alpha value is -2.18. The third-order valence-electron chi connectivity index (χ3n) is 3.68. The van der Waals surface area contributed by atoms with Gasteiger partial charge < -0.3 is 11.1 Å². The minimum atomic E-state index is 0.273. The van der Waals surface area contributed by atoms with Crippen LogP contribution in [0.2, 0.25) is 5.02 Å². The molecule has 0 aliphatic heterocycles. The highest BCUT2D eigenvalue weighted by molar-refractivity contribution is 6.32. The maximum Gasteiger partial charge on any atom is 0.101 e. The normalized spacial score (nSPS) is 16.5. The molecule has 0 radical (unpaired) electrons. The van der Waals surface area contributed by atoms with E-state index < -0.39 is 0 Å². The van der Waals surface area contributed by atoms with Crippen LogP contribution in [0.25, 0.3) is 0 Å². The Kier molecular flexibility index (Phi) is 3.25. The van der Waals surface area contributed by atoms with Gasteiger partial charge in [0.2, 0.25) is 0 Å². The number of benzene rings is 2. The van der Waals surface area contributed by atoms with Gasteiger partial charge in [0.05, 0.1) is 16.6 Å². The van der Waals surface area contributed by atoms with Gasteiger partial charge in [-0.25, -0.2) is 0 Å². The van der Waals surface area contributed by atoms with Crippen molar-refractivity contribution < 1.29 is 0 Å². The molecule has 0 fully saturated rings. The van der Waals surface area contributed by atoms with Gasteiger partial charge in [-0.15, -0.1) is 0 Å². The third-order valence-corrected chi connectivity index (χ3v) is 3.99. The van der Waals surface area contributed by atoms with E-state index in [1.807, 2.05) is 18.2 Å². The minimum absolute atomic E-state index is 0.273. The molecule has 2 aromatic rings. The minimum Gasteiger partial charge on any atom is -0.399 e. The van der Waals surface area contributed by atoms with Gasteiger partial charge in [0.25, 0.3) is 0 Å². The van der Waals surface area contributed by atoms with Gasteiger partial charge in [-0.05, 0) is 54.3 Å². The Labute approximate surface area is 123 Å². The first-order valence-corrected chi connectivity index (χ1v) is 6.89. The summed E-state index contributed by atoms with van der Waals surface area (Å²) in [5.41, 5.74) is 10.7. The molecule has 0 amide bonds. The van der Waals surface area contributed by atoms with Gasteiger partial charge in [-0.1, -0.05) is 17.7 Å². The lowest BCUT2D eigenvalue weighted by Crippen LogP contribution is -2.07. The molecule has 0 aromatic heterocycles. The molecule has 100 valence electrons. The zero-order chi connectivity index (χ0) is 14.1. The lowest BCUT2D eigenvalue weighted by molar-refractivity contribution is 0.762. The smallest absolute Gasteiger partial charge is 0.101 e. The van der Waals surface area contributed by atoms with Crippen molar-refractivity contribution in [1.82, 2.24) is 0 Å². The Morgan fingerprint density at radius 1 is 1.25 bits per heavy atom. The number of nitrogens with one attached hydrogen (secondary N) is 1. The summed E-state index contributed by atoms with van der Waals surface area (Å²) in [4.78, 5) is 0. The van der Waals surface area contributed by atoms with E-state index in [0.29, 0.717) is 10.6 Å². The van der Waals surface area contributed by atoms with Crippen molar-refractivity contribution in [3.8, 4) is 6.07 Å². The number of nitrogen functional groups attached to an aromatic ring is 1. The third kappa shape index (κ3) is 2.31. The van der Waals surface area contributed by atoms with Crippen molar-refractivity contribution in [3.63, 3.8) is 0 Å². The maximum atomic E-state index is 8.88. The fraction of sp³-hybridized carbons (Fsp3) is 0.188. The molecule has 2 aromatic carbocycles. The average molecular weight is 284 g/mol. The summed E-state index contributed by atoms with van der Waals surface area (Å²) in [7, 11) is 0. The van der Waals surface area contributed by atoms with E-state index in [1.165, 1.54) is 11.1 Å². The second-order valence-corrected chi connectivity index (χ2v) is 5.41. The van der Waals surface area contributed by atoms with Crippen LogP contribution in [-0.2, 0) is 6.42 Å². The highest BCUT2D eigenvalue weighted by Gasteiger charge is 2.22. The van der Waals surface area contributed by atoms with Crippen molar-refractivity contribution in [3.05, 3.63) is 58.1 Å². The predicted octanol–water partition coefficient (Wildman–Crippen LogP) is 3.89. The van der Waals surface area contributed by atoms with Crippen molar-refractivity contribution in [2.45, 2.75) is 18.9 Å². The molecule has 0 saturated carbocycles. The van der Waals surface area contributed by atoms with Crippen LogP contribution in [-0.4, -0.2) is 0 Å². The summed E-state index contributed by atoms with van der Waals surface area (Å²) in [6, 6.07) is 13.8. The van der Waals surface area contributed by atoms with Crippen LogP contribution in [0, 0.1) is 11.3 Å². The largest absolute Gasteiger partial charge is 0.399 e. The van der Waals surface area contributed by atoms with Gasteiger partial charge in [0, 0.05) is 11.4 Å². The SMILES string of the molecule is N#Cc1ccc(NC2CCc3cc(N)ccc32)cc1Cl. The van der Waals surface area contributed by atoms with E-state index in [1.54, 1.807) is 12.1 Å². The van der Waals surface area contributed by atoms with E-state index in [9.17, 15) is 0 Å². The number of nitrogens with zero attached hydrogens (tertiary/aromatic N) is 1. The summed E-state index contributed by atoms with van der Waals surface area (Å²) < 4.78 is 0. The average Bonchev–Trinajstić information content (AvgIpc) is 2.81. The molecular formula is C16H14ClN3. The number of nitriles is 1. The zero-order valence-electron chi connectivity index (χ0n) is 10.9. The predicted molar refractivity (Wildman–Crippen MR) is 81.7 cm³/mol. The summed E-state index contributed by atoms with van der Waals surface area (Å²) in [6.45, 7) is 0. The fourth-order valence-electron chi connectivity index (χ4n) is 2.68. The number of nitrogens with two attached hydrogens (primary N) is 1. The van der Waals surface area contributed by atoms with Gasteiger partial charge >= 0.3 is 0 Å². The summed E-state index contributed by atoms with van der Waals surface area (Å²) in [5.74, 6) is 0. The molecule has 0 saturated heterocycles. The molecule has 1 unspecified atom stereocenters. The number of hydrogen-bond donors (Lipinski definition) is 2. The highest BCUT2D eigenvalue weighted by atomic mass is 35.5. The summed E-state index contributed by atoms with van der Waals surface area (Å²) in [6.07, 6.45) is 2.07. The van der Waals surface area contributed by atoms with Crippen molar-refractivity contribution in [1.29, 1.82) is 5.26 Å². The number of rotatable bonds is 2. The van der Waals surface area contributed by atoms with Crippen molar-refractivity contribution in [2.75, 3.05) is 11.1 Å². The molecule has 0 bridgehead atoms. The quantitative estimate of drug-likeness (QED) is 0.822. The Bertz CT molecular complexity index is 703. The maximum absolute atomic E-state index is 8.88. The van der Waals surface area contributed by atoms with Crippen molar-refractivity contribution in [2.24, 2.45) is 0 Å². The van der Waals surface area contributed by atoms with Crippen LogP contribution in [0.5, 0.6) is 0 Å². The Balaban J connectivity index is 1.84. The lowest BCUT2D eigenvalue weighted by Gasteiger charge is -2.16. The molecule has 20 heavy (non-hydrogen) atoms. The zero-order valence-corrected chi connectivity index (χ0v) is 11.6. The molecule has 1 atom stereocenters. The van der Waals surface area contributed by atoms with Crippen LogP contribution in [0.1, 0.15) is 29.2 Å². The van der Waals surface area contributed by atoms with Gasteiger partial charge in [0.15, 0.2) is 0 Å². The second-order valence-electron chi connectivity index (χ2n) is 5.00. The molecule has 1 aliphatic carbocycles. The van der Waals surface area contributed by atoms with Crippen molar-refractivity contribution >= 4 is 23.0 Å². The van der Waals surface area contributed by atoms with E-state index >= 15 is 0 Å². The standard InChI is InChI=1S/C16H14ClN3/c17-15-8-13(4-1-11(15)9-18)20-16-6-2-10-7-12(19)3-5-14(10)16/h1,3-5,7-8,16,20H,2,6,19H2. The Morgan fingerprint density at radius 2 is 2.10 bits per heavy atom. The molecule has 3 N–H and O–H groups in total. The van der Waals surface area contributed by atoms with Crippen LogP contribution >= 0.6 is 11.6 Å². The monoisotopic (exact) mass is 283 g/mol. The van der Waals surface area contributed by atoms with Gasteiger partial charge in [-0.2, -0.15) is 5.26 Å². The van der Waals surface area contributed by atoms with E-state index in [2.05, 4.69) is 17.5 Å². The van der Waals surface area contributed by atoms with E-state index in [-0.39, 0.29) is 6.04 Å². The molecular weight excluding hydrogens is 270 g/mol. The number of fused-ring (bicyclic) bond motifs is 1. The van der Waals surface area contributed by atoms with E-state index in [0.717, 1.165) is 24.2 Å².